The van der Waals surface area contributed by atoms with Crippen LogP contribution in [0.25, 0.3) is 10.8 Å². The van der Waals surface area contributed by atoms with Gasteiger partial charge < -0.3 is 14.5 Å². The summed E-state index contributed by atoms with van der Waals surface area (Å²) in [6.07, 6.45) is 2.94. The van der Waals surface area contributed by atoms with E-state index in [1.165, 1.54) is 12.5 Å². The van der Waals surface area contributed by atoms with E-state index in [9.17, 15) is 14.9 Å². The van der Waals surface area contributed by atoms with Crippen molar-refractivity contribution in [1.82, 2.24) is 5.32 Å². The molecule has 130 valence electrons. The second kappa shape index (κ2) is 7.53. The summed E-state index contributed by atoms with van der Waals surface area (Å²) in [7, 11) is 0. The number of hydrogen-bond donors (Lipinski definition) is 1. The van der Waals surface area contributed by atoms with Crippen molar-refractivity contribution in [3.05, 3.63) is 66.1 Å². The van der Waals surface area contributed by atoms with Crippen LogP contribution in [0.4, 0.5) is 0 Å². The molecule has 6 heteroatoms. The minimum Gasteiger partial charge on any atom is -0.471 e. The lowest BCUT2D eigenvalue weighted by Crippen LogP contribution is -2.35. The maximum absolute atomic E-state index is 12.6. The van der Waals surface area contributed by atoms with Crippen molar-refractivity contribution in [3.63, 3.8) is 0 Å². The molecule has 0 spiro atoms. The minimum absolute atomic E-state index is 0.00385. The molecule has 3 rings (SSSR count). The van der Waals surface area contributed by atoms with Gasteiger partial charge in [0.15, 0.2) is 0 Å². The van der Waals surface area contributed by atoms with E-state index in [4.69, 9.17) is 9.15 Å². The number of nitrogens with zero attached hydrogens (tertiary/aromatic N) is 1. The van der Waals surface area contributed by atoms with Crippen LogP contribution in [0.1, 0.15) is 29.3 Å². The Morgan fingerprint density at radius 3 is 2.69 bits per heavy atom. The molecule has 1 heterocycles. The van der Waals surface area contributed by atoms with Gasteiger partial charge in [-0.15, -0.1) is 0 Å². The summed E-state index contributed by atoms with van der Waals surface area (Å²) in [5, 5.41) is 13.3. The highest BCUT2D eigenvalue weighted by Gasteiger charge is 2.20. The van der Waals surface area contributed by atoms with Crippen LogP contribution in [0.5, 0.6) is 5.75 Å². The van der Waals surface area contributed by atoms with Crippen molar-refractivity contribution >= 4 is 22.6 Å². The van der Waals surface area contributed by atoms with Gasteiger partial charge in [0.1, 0.15) is 5.75 Å². The summed E-state index contributed by atoms with van der Waals surface area (Å²) in [4.78, 5) is 24.6. The Bertz CT molecular complexity index is 986. The number of esters is 1. The Kier molecular flexibility index (Phi) is 4.99. The summed E-state index contributed by atoms with van der Waals surface area (Å²) in [5.74, 6) is -0.439. The predicted molar refractivity (Wildman–Crippen MR) is 94.6 cm³/mol. The first kappa shape index (κ1) is 17.2. The summed E-state index contributed by atoms with van der Waals surface area (Å²) >= 11 is 0. The Labute approximate surface area is 150 Å². The number of fused-ring (bicyclic) bond motifs is 1. The van der Waals surface area contributed by atoms with Gasteiger partial charge in [-0.05, 0) is 31.2 Å². The van der Waals surface area contributed by atoms with Gasteiger partial charge in [-0.2, -0.15) is 5.26 Å². The van der Waals surface area contributed by atoms with E-state index in [2.05, 4.69) is 5.32 Å². The molecule has 0 saturated heterocycles. The monoisotopic (exact) mass is 348 g/mol. The largest absolute Gasteiger partial charge is 0.471 e. The molecule has 6 nitrogen and oxygen atoms in total. The van der Waals surface area contributed by atoms with E-state index < -0.39 is 17.9 Å². The third-order valence-electron chi connectivity index (χ3n) is 3.83. The minimum atomic E-state index is -0.465. The van der Waals surface area contributed by atoms with Crippen LogP contribution in [0.15, 0.2) is 59.4 Å². The van der Waals surface area contributed by atoms with Gasteiger partial charge in [0, 0.05) is 16.8 Å². The molecule has 1 aromatic heterocycles. The SMILES string of the molecule is CC(CC(=O)Oc1ccccc1)NC(=O)c1c(C#N)ccc2cocc12. The Morgan fingerprint density at radius 1 is 1.19 bits per heavy atom. The van der Waals surface area contributed by atoms with E-state index >= 15 is 0 Å². The molecule has 1 amide bonds. The summed E-state index contributed by atoms with van der Waals surface area (Å²) in [5.41, 5.74) is 0.484. The van der Waals surface area contributed by atoms with Crippen molar-refractivity contribution in [1.29, 1.82) is 5.26 Å². The zero-order chi connectivity index (χ0) is 18.5. The van der Waals surface area contributed by atoms with E-state index in [0.717, 1.165) is 5.39 Å². The first-order valence-corrected chi connectivity index (χ1v) is 8.04. The van der Waals surface area contributed by atoms with E-state index in [0.29, 0.717) is 11.1 Å². The van der Waals surface area contributed by atoms with Crippen LogP contribution < -0.4 is 10.1 Å². The third-order valence-corrected chi connectivity index (χ3v) is 3.83. The van der Waals surface area contributed by atoms with E-state index in [1.54, 1.807) is 43.3 Å². The first-order valence-electron chi connectivity index (χ1n) is 8.04. The molecule has 0 bridgehead atoms. The lowest BCUT2D eigenvalue weighted by molar-refractivity contribution is -0.134. The maximum Gasteiger partial charge on any atom is 0.313 e. The van der Waals surface area contributed by atoms with Crippen LogP contribution in [-0.4, -0.2) is 17.9 Å². The van der Waals surface area contributed by atoms with E-state index in [1.807, 2.05) is 12.1 Å². The van der Waals surface area contributed by atoms with Gasteiger partial charge in [-0.25, -0.2) is 0 Å². The Balaban J connectivity index is 1.69. The number of furan rings is 1. The molecule has 0 fully saturated rings. The number of amides is 1. The van der Waals surface area contributed by atoms with Gasteiger partial charge in [-0.3, -0.25) is 9.59 Å². The molecule has 1 atom stereocenters. The smallest absolute Gasteiger partial charge is 0.313 e. The molecular weight excluding hydrogens is 332 g/mol. The molecule has 2 aromatic carbocycles. The summed E-state index contributed by atoms with van der Waals surface area (Å²) in [6, 6.07) is 13.6. The fraction of sp³-hybridized carbons (Fsp3) is 0.150. The lowest BCUT2D eigenvalue weighted by atomic mass is 10.0. The second-order valence-electron chi connectivity index (χ2n) is 5.84. The molecule has 0 radical (unpaired) electrons. The molecule has 0 saturated carbocycles. The topological polar surface area (TPSA) is 92.3 Å². The van der Waals surface area contributed by atoms with Crippen molar-refractivity contribution in [2.24, 2.45) is 0 Å². The van der Waals surface area contributed by atoms with Crippen molar-refractivity contribution < 1.29 is 18.7 Å². The number of carbonyl (C=O) groups excluding carboxylic acids is 2. The molecule has 1 N–H and O–H groups in total. The molecule has 0 aliphatic carbocycles. The zero-order valence-corrected chi connectivity index (χ0v) is 14.1. The highest BCUT2D eigenvalue weighted by molar-refractivity contribution is 6.09. The highest BCUT2D eigenvalue weighted by atomic mass is 16.5. The number of benzene rings is 2. The normalized spacial score (nSPS) is 11.5. The van der Waals surface area contributed by atoms with Crippen LogP contribution in [-0.2, 0) is 4.79 Å². The lowest BCUT2D eigenvalue weighted by Gasteiger charge is -2.14. The second-order valence-corrected chi connectivity index (χ2v) is 5.84. The zero-order valence-electron chi connectivity index (χ0n) is 14.1. The van der Waals surface area contributed by atoms with Crippen LogP contribution >= 0.6 is 0 Å². The van der Waals surface area contributed by atoms with E-state index in [-0.39, 0.29) is 17.5 Å². The van der Waals surface area contributed by atoms with Crippen LogP contribution in [0.2, 0.25) is 0 Å². The fourth-order valence-corrected chi connectivity index (χ4v) is 2.64. The quantitative estimate of drug-likeness (QED) is 0.563. The number of nitrogens with one attached hydrogen (secondary N) is 1. The van der Waals surface area contributed by atoms with Gasteiger partial charge >= 0.3 is 5.97 Å². The fourth-order valence-electron chi connectivity index (χ4n) is 2.64. The Morgan fingerprint density at radius 2 is 1.96 bits per heavy atom. The number of nitriles is 1. The maximum atomic E-state index is 12.6. The standard InChI is InChI=1S/C20H16N2O4/c1-13(9-18(23)26-16-5-3-2-4-6-16)22-20(24)19-14(10-21)7-8-15-11-25-12-17(15)19/h2-8,11-13H,9H2,1H3,(H,22,24). The molecule has 3 aromatic rings. The predicted octanol–water partition coefficient (Wildman–Crippen LogP) is 3.42. The number of hydrogen-bond acceptors (Lipinski definition) is 5. The molecule has 1 unspecified atom stereocenters. The summed E-state index contributed by atoms with van der Waals surface area (Å²) < 4.78 is 10.3. The summed E-state index contributed by atoms with van der Waals surface area (Å²) in [6.45, 7) is 1.70. The molecule has 26 heavy (non-hydrogen) atoms. The molecule has 0 aliphatic rings. The highest BCUT2D eigenvalue weighted by Crippen LogP contribution is 2.23. The number of para-hydroxylation sites is 1. The number of ether oxygens (including phenoxy) is 1. The van der Waals surface area contributed by atoms with Crippen molar-refractivity contribution in [2.45, 2.75) is 19.4 Å². The van der Waals surface area contributed by atoms with Crippen molar-refractivity contribution in [2.75, 3.05) is 0 Å². The molecular formula is C20H16N2O4. The van der Waals surface area contributed by atoms with Crippen LogP contribution in [0.3, 0.4) is 0 Å². The van der Waals surface area contributed by atoms with Crippen LogP contribution in [0, 0.1) is 11.3 Å². The van der Waals surface area contributed by atoms with Gasteiger partial charge in [0.05, 0.1) is 36.1 Å². The third kappa shape index (κ3) is 3.73. The van der Waals surface area contributed by atoms with Gasteiger partial charge in [0.2, 0.25) is 0 Å². The number of carbonyl (C=O) groups is 2. The average Bonchev–Trinajstić information content (AvgIpc) is 3.09. The van der Waals surface area contributed by atoms with Crippen molar-refractivity contribution in [3.8, 4) is 11.8 Å². The first-order chi connectivity index (χ1) is 12.6. The number of rotatable bonds is 5. The Hall–Kier alpha value is -3.59. The molecule has 0 aliphatic heterocycles. The van der Waals surface area contributed by atoms with Gasteiger partial charge in [-0.1, -0.05) is 18.2 Å². The average molecular weight is 348 g/mol. The van der Waals surface area contributed by atoms with Gasteiger partial charge in [0.25, 0.3) is 5.91 Å².